The summed E-state index contributed by atoms with van der Waals surface area (Å²) in [6, 6.07) is 0. The van der Waals surface area contributed by atoms with Gasteiger partial charge in [-0.05, 0) is 31.6 Å². The minimum atomic E-state index is 0.954. The fourth-order valence-electron chi connectivity index (χ4n) is 2.18. The first-order valence-corrected chi connectivity index (χ1v) is 7.58. The molecule has 0 fully saturated rings. The molecule has 0 saturated heterocycles. The van der Waals surface area contributed by atoms with Crippen LogP contribution in [0.5, 0.6) is 0 Å². The first-order chi connectivity index (χ1) is 8.35. The van der Waals surface area contributed by atoms with E-state index in [2.05, 4.69) is 32.9 Å². The van der Waals surface area contributed by atoms with Crippen LogP contribution >= 0.6 is 0 Å². The average Bonchev–Trinajstić information content (AvgIpc) is 2.35. The van der Waals surface area contributed by atoms with E-state index in [-0.39, 0.29) is 0 Å². The van der Waals surface area contributed by atoms with Crippen LogP contribution in [0.4, 0.5) is 0 Å². The highest BCUT2D eigenvalue weighted by Gasteiger charge is 2.04. The molecule has 17 heavy (non-hydrogen) atoms. The van der Waals surface area contributed by atoms with Crippen LogP contribution < -0.4 is 0 Å². The van der Waals surface area contributed by atoms with Crippen molar-refractivity contribution in [3.63, 3.8) is 0 Å². The Morgan fingerprint density at radius 1 is 0.824 bits per heavy atom. The highest BCUT2D eigenvalue weighted by atomic mass is 14.1. The van der Waals surface area contributed by atoms with Crippen LogP contribution in [-0.2, 0) is 0 Å². The van der Waals surface area contributed by atoms with Gasteiger partial charge in [0.15, 0.2) is 0 Å². The normalized spacial score (nSPS) is 13.4. The van der Waals surface area contributed by atoms with Gasteiger partial charge in [-0.2, -0.15) is 0 Å². The first-order valence-electron chi connectivity index (χ1n) is 7.58. The molecule has 0 bridgehead atoms. The molecule has 0 aliphatic rings. The number of unbranched alkanes of at least 4 members (excludes halogenated alkanes) is 5. The lowest BCUT2D eigenvalue weighted by molar-refractivity contribution is 0.408. The molecular weight excluding hydrogens is 204 g/mol. The van der Waals surface area contributed by atoms with E-state index in [0.717, 1.165) is 18.8 Å². The third kappa shape index (κ3) is 12.0. The second kappa shape index (κ2) is 13.8. The molecule has 2 radical (unpaired) electrons. The van der Waals surface area contributed by atoms with Gasteiger partial charge >= 0.3 is 0 Å². The zero-order valence-electron chi connectivity index (χ0n) is 11.9. The molecule has 0 aromatic rings. The highest BCUT2D eigenvalue weighted by Crippen LogP contribution is 2.20. The Balaban J connectivity index is 3.39. The van der Waals surface area contributed by atoms with Crippen molar-refractivity contribution in [1.29, 1.82) is 0 Å². The van der Waals surface area contributed by atoms with E-state index in [1.165, 1.54) is 57.8 Å². The smallest absolute Gasteiger partial charge is 0.0351 e. The zero-order valence-corrected chi connectivity index (χ0v) is 11.9. The van der Waals surface area contributed by atoms with Crippen molar-refractivity contribution in [1.82, 2.24) is 0 Å². The standard InChI is InChI=1S/C17H32/c1-4-7-9-10-11-12-14-16-17(6-3)15-13-8-5-2/h10-11,17H,1-2,4-9,12-16H2,3H3/b11-10+. The lowest BCUT2D eigenvalue weighted by Crippen LogP contribution is -1.98. The van der Waals surface area contributed by atoms with Crippen LogP contribution in [0.25, 0.3) is 0 Å². The predicted molar refractivity (Wildman–Crippen MR) is 79.8 cm³/mol. The monoisotopic (exact) mass is 236 g/mol. The molecule has 0 spiro atoms. The van der Waals surface area contributed by atoms with Gasteiger partial charge in [0, 0.05) is 0 Å². The lowest BCUT2D eigenvalue weighted by atomic mass is 9.93. The van der Waals surface area contributed by atoms with Crippen molar-refractivity contribution in [3.05, 3.63) is 26.0 Å². The molecule has 0 rings (SSSR count). The molecule has 100 valence electrons. The number of hydrogen-bond donors (Lipinski definition) is 0. The van der Waals surface area contributed by atoms with Crippen molar-refractivity contribution in [2.45, 2.75) is 77.6 Å². The zero-order chi connectivity index (χ0) is 12.8. The summed E-state index contributed by atoms with van der Waals surface area (Å²) >= 11 is 0. The van der Waals surface area contributed by atoms with Crippen molar-refractivity contribution in [2.75, 3.05) is 0 Å². The Morgan fingerprint density at radius 2 is 1.41 bits per heavy atom. The number of rotatable bonds is 12. The molecule has 0 saturated carbocycles. The fourth-order valence-corrected chi connectivity index (χ4v) is 2.18. The SMILES string of the molecule is [CH2]CCC/C=C/CCCC(CC)CCCC[CH2]. The van der Waals surface area contributed by atoms with Crippen molar-refractivity contribution in [3.8, 4) is 0 Å². The topological polar surface area (TPSA) is 0 Å². The summed E-state index contributed by atoms with van der Waals surface area (Å²) in [7, 11) is 0. The highest BCUT2D eigenvalue weighted by molar-refractivity contribution is 4.81. The van der Waals surface area contributed by atoms with Gasteiger partial charge in [0.1, 0.15) is 0 Å². The van der Waals surface area contributed by atoms with Gasteiger partial charge in [0.25, 0.3) is 0 Å². The second-order valence-corrected chi connectivity index (χ2v) is 5.02. The Labute approximate surface area is 110 Å². The van der Waals surface area contributed by atoms with Crippen molar-refractivity contribution >= 4 is 0 Å². The molecule has 0 nitrogen and oxygen atoms in total. The van der Waals surface area contributed by atoms with E-state index in [1.54, 1.807) is 0 Å². The minimum Gasteiger partial charge on any atom is -0.0885 e. The Bertz CT molecular complexity index is 157. The molecule has 0 heteroatoms. The summed E-state index contributed by atoms with van der Waals surface area (Å²) in [6.07, 6.45) is 18.8. The number of allylic oxidation sites excluding steroid dienone is 2. The van der Waals surface area contributed by atoms with Crippen LogP contribution in [0, 0.1) is 19.8 Å². The summed E-state index contributed by atoms with van der Waals surface area (Å²) in [5.74, 6) is 0.954. The van der Waals surface area contributed by atoms with E-state index < -0.39 is 0 Å². The molecule has 0 aromatic carbocycles. The van der Waals surface area contributed by atoms with Crippen LogP contribution in [0.1, 0.15) is 77.6 Å². The van der Waals surface area contributed by atoms with Gasteiger partial charge in [-0.3, -0.25) is 0 Å². The summed E-state index contributed by atoms with van der Waals surface area (Å²) < 4.78 is 0. The molecule has 1 unspecified atom stereocenters. The van der Waals surface area contributed by atoms with E-state index in [4.69, 9.17) is 0 Å². The van der Waals surface area contributed by atoms with Gasteiger partial charge < -0.3 is 0 Å². The second-order valence-electron chi connectivity index (χ2n) is 5.02. The molecule has 0 heterocycles. The Kier molecular flexibility index (Phi) is 13.6. The maximum absolute atomic E-state index is 3.91. The lowest BCUT2D eigenvalue weighted by Gasteiger charge is -2.13. The third-order valence-corrected chi connectivity index (χ3v) is 3.46. The van der Waals surface area contributed by atoms with E-state index >= 15 is 0 Å². The minimum absolute atomic E-state index is 0.954. The molecular formula is C17H32. The summed E-state index contributed by atoms with van der Waals surface area (Å²) in [5.41, 5.74) is 0. The predicted octanol–water partition coefficient (Wildman–Crippen LogP) is 6.14. The van der Waals surface area contributed by atoms with Crippen LogP contribution in [-0.4, -0.2) is 0 Å². The van der Waals surface area contributed by atoms with Crippen molar-refractivity contribution in [2.24, 2.45) is 5.92 Å². The van der Waals surface area contributed by atoms with E-state index in [1.807, 2.05) is 0 Å². The fraction of sp³-hybridized carbons (Fsp3) is 0.765. The molecule has 0 aliphatic carbocycles. The molecule has 1 atom stereocenters. The van der Waals surface area contributed by atoms with E-state index in [9.17, 15) is 0 Å². The van der Waals surface area contributed by atoms with Gasteiger partial charge in [0.05, 0.1) is 0 Å². The third-order valence-electron chi connectivity index (χ3n) is 3.46. The van der Waals surface area contributed by atoms with Crippen LogP contribution in [0.2, 0.25) is 0 Å². The van der Waals surface area contributed by atoms with E-state index in [0.29, 0.717) is 0 Å². The quantitative estimate of drug-likeness (QED) is 0.282. The maximum atomic E-state index is 3.91. The molecule has 0 aliphatic heterocycles. The van der Waals surface area contributed by atoms with Crippen LogP contribution in [0.15, 0.2) is 12.2 Å². The van der Waals surface area contributed by atoms with Gasteiger partial charge in [-0.15, -0.1) is 0 Å². The Hall–Kier alpha value is -0.260. The largest absolute Gasteiger partial charge is 0.0885 e. The Morgan fingerprint density at radius 3 is 2.00 bits per heavy atom. The first kappa shape index (κ1) is 16.7. The summed E-state index contributed by atoms with van der Waals surface area (Å²) in [4.78, 5) is 0. The molecule has 0 amide bonds. The maximum Gasteiger partial charge on any atom is -0.0351 e. The molecule has 0 N–H and O–H groups in total. The summed E-state index contributed by atoms with van der Waals surface area (Å²) in [5, 5.41) is 0. The van der Waals surface area contributed by atoms with Gasteiger partial charge in [-0.1, -0.05) is 77.9 Å². The van der Waals surface area contributed by atoms with Gasteiger partial charge in [-0.25, -0.2) is 0 Å². The van der Waals surface area contributed by atoms with Crippen molar-refractivity contribution < 1.29 is 0 Å². The van der Waals surface area contributed by atoms with Gasteiger partial charge in [0.2, 0.25) is 0 Å². The number of hydrogen-bond acceptors (Lipinski definition) is 0. The molecule has 0 aromatic heterocycles. The van der Waals surface area contributed by atoms with Crippen LogP contribution in [0.3, 0.4) is 0 Å². The average molecular weight is 236 g/mol. The summed E-state index contributed by atoms with van der Waals surface area (Å²) in [6.45, 7) is 10.1.